The molecule has 6 saturated heterocycles. The van der Waals surface area contributed by atoms with Crippen LogP contribution in [0.5, 0.6) is 0 Å². The summed E-state index contributed by atoms with van der Waals surface area (Å²) in [5.74, 6) is -23.5. The predicted molar refractivity (Wildman–Crippen MR) is 270 cm³/mol. The van der Waals surface area contributed by atoms with E-state index in [2.05, 4.69) is 4.52 Å². The highest BCUT2D eigenvalue weighted by Crippen LogP contribution is 2.47. The van der Waals surface area contributed by atoms with Gasteiger partial charge in [-0.15, -0.1) is 0 Å². The molecule has 0 aromatic carbocycles. The molecule has 6 heterocycles. The SMILES string of the molecule is N[C@H]1[C@@H](OP(=O)(O)O)O[C@H](CO[C@@H]2O[C@H](CO[C@]3(C(=O)O)C[C@@H](O[C@]4(C(=O)O)C[C@@H](O[C@]5(C(=O)O)C[C@@H](O)[C@@H](O)[C@@H]([C@H](O)CO)O5)[C@@H](O)[C@@H]([C@H](O)CO[C@]5(C(=O)O)C[C@@H](O)[C@@H](O)[C@@H]([C@H](O)CO)O5)O4)[C@@H](O)[C@@H]([C@H](O)CO)O3)[C@@H](OP(=O)(O)O)[C@H](O)[C@H]2N)[C@@H](O)[C@@H]1O. The Balaban J connectivity index is 1.39. The predicted octanol–water partition coefficient (Wildman–Crippen LogP) is -14.6. The summed E-state index contributed by atoms with van der Waals surface area (Å²) in [4.78, 5) is 91.7. The molecule has 6 rings (SSSR count). The highest BCUT2D eigenvalue weighted by atomic mass is 31.2. The Morgan fingerprint density at radius 1 is 0.462 bits per heavy atom. The number of carboxylic acid groups (broad SMARTS) is 4. The second-order valence-corrected chi connectivity index (χ2v) is 24.3. The molecule has 28 N–H and O–H groups in total. The minimum absolute atomic E-state index is 1.05. The number of aliphatic carboxylic acids is 4. The largest absolute Gasteiger partial charge is 0.477 e. The lowest BCUT2D eigenvalue weighted by Crippen LogP contribution is -2.70. The fourth-order valence-corrected chi connectivity index (χ4v) is 11.7. The highest BCUT2D eigenvalue weighted by Gasteiger charge is 2.65. The first-order valence-corrected chi connectivity index (χ1v) is 30.0. The number of phosphoric ester groups is 2. The third-order valence-electron chi connectivity index (χ3n) is 15.5. The molecule has 45 nitrogen and oxygen atoms in total. The van der Waals surface area contributed by atoms with Crippen molar-refractivity contribution in [1.82, 2.24) is 0 Å². The molecule has 0 saturated carbocycles. The quantitative estimate of drug-likeness (QED) is 0.0324. The summed E-state index contributed by atoms with van der Waals surface area (Å²) in [6.07, 6.45) is -62.5. The fraction of sp³-hybridized carbons (Fsp3) is 0.909. The molecular formula is C44H74N2O43P2. The highest BCUT2D eigenvalue weighted by molar-refractivity contribution is 7.46. The number of phosphoric acid groups is 2. The Kier molecular flexibility index (Phi) is 25.5. The molecule has 0 aromatic heterocycles. The number of aliphatic hydroxyl groups excluding tert-OH is 16. The van der Waals surface area contributed by atoms with Crippen LogP contribution < -0.4 is 11.5 Å². The first-order chi connectivity index (χ1) is 42.1. The van der Waals surface area contributed by atoms with Crippen LogP contribution in [0.1, 0.15) is 25.7 Å². The van der Waals surface area contributed by atoms with E-state index < -0.39 is 287 Å². The number of ether oxygens (including phenoxy) is 11. The molecule has 0 radical (unpaired) electrons. The Morgan fingerprint density at radius 2 is 0.835 bits per heavy atom. The summed E-state index contributed by atoms with van der Waals surface area (Å²) >= 11 is 0. The van der Waals surface area contributed by atoms with Gasteiger partial charge in [0.1, 0.15) is 110 Å². The average molecular weight is 1380 g/mol. The third-order valence-corrected chi connectivity index (χ3v) is 16.5. The van der Waals surface area contributed by atoms with E-state index in [0.717, 1.165) is 0 Å². The summed E-state index contributed by atoms with van der Waals surface area (Å²) in [7, 11) is -11.2. The van der Waals surface area contributed by atoms with Crippen LogP contribution in [0.4, 0.5) is 0 Å². The van der Waals surface area contributed by atoms with Crippen molar-refractivity contribution < 1.29 is 211 Å². The van der Waals surface area contributed by atoms with Crippen molar-refractivity contribution in [2.75, 3.05) is 39.6 Å². The van der Waals surface area contributed by atoms with Gasteiger partial charge in [0.05, 0.1) is 76.1 Å². The van der Waals surface area contributed by atoms with E-state index in [0.29, 0.717) is 0 Å². The second kappa shape index (κ2) is 30.1. The number of aliphatic hydroxyl groups is 16. The molecule has 91 heavy (non-hydrogen) atoms. The minimum Gasteiger partial charge on any atom is -0.477 e. The van der Waals surface area contributed by atoms with Crippen LogP contribution in [0.3, 0.4) is 0 Å². The molecule has 0 unspecified atom stereocenters. The first-order valence-electron chi connectivity index (χ1n) is 26.9. The lowest BCUT2D eigenvalue weighted by Gasteiger charge is -2.52. The molecular weight excluding hydrogens is 1310 g/mol. The van der Waals surface area contributed by atoms with Gasteiger partial charge in [-0.2, -0.15) is 0 Å². The molecule has 0 bridgehead atoms. The zero-order valence-electron chi connectivity index (χ0n) is 46.6. The Morgan fingerprint density at radius 3 is 1.27 bits per heavy atom. The van der Waals surface area contributed by atoms with E-state index in [9.17, 15) is 150 Å². The van der Waals surface area contributed by atoms with Crippen molar-refractivity contribution in [3.63, 3.8) is 0 Å². The third kappa shape index (κ3) is 17.0. The summed E-state index contributed by atoms with van der Waals surface area (Å²) in [5.41, 5.74) is 11.7. The van der Waals surface area contributed by atoms with E-state index in [1.54, 1.807) is 0 Å². The van der Waals surface area contributed by atoms with Crippen molar-refractivity contribution in [3.8, 4) is 0 Å². The lowest BCUT2D eigenvalue weighted by atomic mass is 9.88. The number of nitrogens with two attached hydrogens (primary N) is 2. The number of hydrogen-bond donors (Lipinski definition) is 26. The van der Waals surface area contributed by atoms with Gasteiger partial charge < -0.3 is 185 Å². The van der Waals surface area contributed by atoms with Crippen LogP contribution in [-0.2, 0) is 89.5 Å². The summed E-state index contributed by atoms with van der Waals surface area (Å²) in [6, 6.07) is -3.81. The summed E-state index contributed by atoms with van der Waals surface area (Å²) in [6.45, 7) is -8.21. The van der Waals surface area contributed by atoms with Crippen LogP contribution in [0.25, 0.3) is 0 Å². The smallest absolute Gasteiger partial charge is 0.471 e. The molecule has 47 heteroatoms. The van der Waals surface area contributed by atoms with Crippen LogP contribution >= 0.6 is 15.6 Å². The van der Waals surface area contributed by atoms with Crippen LogP contribution in [-0.4, -0.2) is 367 Å². The molecule has 528 valence electrons. The van der Waals surface area contributed by atoms with Crippen molar-refractivity contribution in [1.29, 1.82) is 0 Å². The minimum atomic E-state index is -5.80. The molecule has 0 amide bonds. The normalized spacial score (nSPS) is 44.1. The van der Waals surface area contributed by atoms with Gasteiger partial charge >= 0.3 is 39.5 Å². The Bertz CT molecular complexity index is 2580. The van der Waals surface area contributed by atoms with E-state index >= 15 is 0 Å². The van der Waals surface area contributed by atoms with Gasteiger partial charge in [-0.05, 0) is 0 Å². The number of hydrogen-bond acceptors (Lipinski definition) is 37. The van der Waals surface area contributed by atoms with Gasteiger partial charge in [0.15, 0.2) is 12.6 Å². The van der Waals surface area contributed by atoms with Crippen LogP contribution in [0.15, 0.2) is 0 Å². The maximum atomic E-state index is 13.9. The van der Waals surface area contributed by atoms with Crippen LogP contribution in [0.2, 0.25) is 0 Å². The van der Waals surface area contributed by atoms with E-state index in [1.165, 1.54) is 0 Å². The zero-order chi connectivity index (χ0) is 68.6. The molecule has 6 aliphatic heterocycles. The average Bonchev–Trinajstić information content (AvgIpc) is 0.753. The van der Waals surface area contributed by atoms with Crippen molar-refractivity contribution in [3.05, 3.63) is 0 Å². The molecule has 6 aliphatic rings. The summed E-state index contributed by atoms with van der Waals surface area (Å²) < 4.78 is 93.7. The van der Waals surface area contributed by atoms with Crippen molar-refractivity contribution >= 4 is 39.5 Å². The second-order valence-electron chi connectivity index (χ2n) is 21.9. The van der Waals surface area contributed by atoms with Gasteiger partial charge in [0.25, 0.3) is 23.1 Å². The van der Waals surface area contributed by atoms with Gasteiger partial charge in [-0.25, -0.2) is 28.3 Å². The molecule has 0 aliphatic carbocycles. The molecule has 6 fully saturated rings. The number of carboxylic acids is 4. The standard InChI is InChI=1S/C44H74N2O43P2/c45-21-28(61)25(58)19(80-36(21)89-91(74,75)76)9-77-35-22(46)29(62)34(88-90(71,72)73)20(81-35)10-79-42(38(65)66)3-17(26(59)32(85-42)15(54)7-49)83-44(40(69)70)4-18(82-43(39(67)68)2-12(51)24(57)31(86-43)14(53)6-48)27(60)33(87-44)16(55)8-78-41(37(63)64)1-11(50)23(56)30(84-41)13(52)5-47/h11-36,47-62H,1-10,45-46H2,(H,63,64)(H,65,66)(H,67,68)(H,69,70)(H2,71,72,73)(H2,74,75,76)/t11-,12-,13-,14-,15-,16-,17-,18-,19-,20-,21-,22-,23-,24-,25-,26-,27-,28-,29-,30-,31-,32-,33-,34-,35-,36-,41-,42-,43-,44-/m1/s1. The molecule has 30 atom stereocenters. The Hall–Kier alpha value is -3.06. The van der Waals surface area contributed by atoms with E-state index in [-0.39, 0.29) is 0 Å². The monoisotopic (exact) mass is 1380 g/mol. The van der Waals surface area contributed by atoms with Gasteiger partial charge in [0.2, 0.25) is 0 Å². The van der Waals surface area contributed by atoms with Gasteiger partial charge in [0, 0.05) is 25.7 Å². The van der Waals surface area contributed by atoms with E-state index in [4.69, 9.17) is 68.1 Å². The number of carbonyl (C=O) groups is 4. The molecule has 0 aromatic rings. The fourth-order valence-electron chi connectivity index (χ4n) is 10.7. The Labute approximate surface area is 508 Å². The summed E-state index contributed by atoms with van der Waals surface area (Å²) in [5, 5.41) is 215. The topological polar surface area (TPSA) is 760 Å². The van der Waals surface area contributed by atoms with E-state index in [1.807, 2.05) is 0 Å². The molecule has 0 spiro atoms. The van der Waals surface area contributed by atoms with Crippen LogP contribution in [0, 0.1) is 0 Å². The van der Waals surface area contributed by atoms with Gasteiger partial charge in [-0.1, -0.05) is 0 Å². The maximum Gasteiger partial charge on any atom is 0.471 e. The maximum absolute atomic E-state index is 13.9. The number of rotatable bonds is 28. The van der Waals surface area contributed by atoms with Crippen molar-refractivity contribution in [2.45, 2.75) is 208 Å². The first kappa shape index (κ1) is 77.0. The zero-order valence-corrected chi connectivity index (χ0v) is 48.4. The lowest BCUT2D eigenvalue weighted by molar-refractivity contribution is -0.395. The van der Waals surface area contributed by atoms with Gasteiger partial charge in [-0.3, -0.25) is 9.05 Å². The van der Waals surface area contributed by atoms with Crippen molar-refractivity contribution in [2.24, 2.45) is 11.5 Å².